The molecule has 0 nitrogen and oxygen atoms in total. The topological polar surface area (TPSA) is 0 Å². The van der Waals surface area contributed by atoms with E-state index in [4.69, 9.17) is 12.6 Å². The van der Waals surface area contributed by atoms with E-state index in [-0.39, 0.29) is 29.6 Å². The van der Waals surface area contributed by atoms with Crippen LogP contribution < -0.4 is 29.6 Å². The molecular formula is C5H13NaSSi. The zero-order valence-electron chi connectivity index (χ0n) is 6.32. The third-order valence-corrected chi connectivity index (χ3v) is 3.17. The number of rotatable bonds is 2. The summed E-state index contributed by atoms with van der Waals surface area (Å²) in [7, 11) is -0.761. The molecule has 0 saturated carbocycles. The third kappa shape index (κ3) is 10.5. The van der Waals surface area contributed by atoms with E-state index in [2.05, 4.69) is 19.6 Å². The Morgan fingerprint density at radius 1 is 1.25 bits per heavy atom. The van der Waals surface area contributed by atoms with Gasteiger partial charge in [0, 0.05) is 8.07 Å². The van der Waals surface area contributed by atoms with E-state index >= 15 is 0 Å². The molecule has 0 aromatic carbocycles. The van der Waals surface area contributed by atoms with E-state index in [1.807, 2.05) is 0 Å². The van der Waals surface area contributed by atoms with Gasteiger partial charge in [-0.3, -0.25) is 0 Å². The van der Waals surface area contributed by atoms with Crippen molar-refractivity contribution in [3.8, 4) is 0 Å². The Hall–Kier alpha value is 1.57. The standard InChI is InChI=1S/C5H14SSi.Na/c1-7(2,3)5-4-6;/h6H,4-5H2,1-3H3;/q;+1/p-1. The minimum atomic E-state index is -0.761. The normalized spacial score (nSPS) is 10.5. The van der Waals surface area contributed by atoms with Crippen LogP contribution in [0.5, 0.6) is 0 Å². The average Bonchev–Trinajstić information content (AvgIpc) is 1.30. The van der Waals surface area contributed by atoms with Crippen molar-refractivity contribution in [3.63, 3.8) is 0 Å². The molecule has 0 rings (SSSR count). The van der Waals surface area contributed by atoms with Crippen molar-refractivity contribution in [2.24, 2.45) is 0 Å². The van der Waals surface area contributed by atoms with Crippen LogP contribution in [-0.2, 0) is 12.6 Å². The summed E-state index contributed by atoms with van der Waals surface area (Å²) in [6, 6.07) is 1.29. The third-order valence-electron chi connectivity index (χ3n) is 0.852. The van der Waals surface area contributed by atoms with E-state index in [1.54, 1.807) is 0 Å². The van der Waals surface area contributed by atoms with Crippen LogP contribution >= 0.6 is 0 Å². The fourth-order valence-electron chi connectivity index (χ4n) is 0.306. The van der Waals surface area contributed by atoms with Gasteiger partial charge < -0.3 is 12.6 Å². The minimum absolute atomic E-state index is 0. The molecule has 8 heavy (non-hydrogen) atoms. The van der Waals surface area contributed by atoms with Crippen molar-refractivity contribution in [1.29, 1.82) is 0 Å². The molecule has 0 fully saturated rings. The van der Waals surface area contributed by atoms with Crippen LogP contribution in [0.25, 0.3) is 0 Å². The fraction of sp³-hybridized carbons (Fsp3) is 1.00. The SMILES string of the molecule is C[Si](C)(C)CC[S-].[Na+]. The second-order valence-electron chi connectivity index (χ2n) is 3.01. The summed E-state index contributed by atoms with van der Waals surface area (Å²) >= 11 is 4.83. The molecule has 3 heteroatoms. The molecular weight excluding hydrogens is 143 g/mol. The molecule has 0 aromatic heterocycles. The van der Waals surface area contributed by atoms with Gasteiger partial charge in [0.15, 0.2) is 0 Å². The molecule has 0 N–H and O–H groups in total. The minimum Gasteiger partial charge on any atom is -0.793 e. The zero-order valence-corrected chi connectivity index (χ0v) is 10.1. The van der Waals surface area contributed by atoms with Gasteiger partial charge in [-0.2, -0.15) is 5.75 Å². The smallest absolute Gasteiger partial charge is 0.793 e. The van der Waals surface area contributed by atoms with Crippen LogP contribution in [0.4, 0.5) is 0 Å². The molecule has 0 spiro atoms. The maximum Gasteiger partial charge on any atom is 1.00 e. The van der Waals surface area contributed by atoms with Crippen LogP contribution in [0.1, 0.15) is 0 Å². The molecule has 0 unspecified atom stereocenters. The van der Waals surface area contributed by atoms with E-state index in [9.17, 15) is 0 Å². The Balaban J connectivity index is 0. The van der Waals surface area contributed by atoms with Crippen LogP contribution in [-0.4, -0.2) is 13.8 Å². The fourth-order valence-corrected chi connectivity index (χ4v) is 2.76. The zero-order chi connectivity index (χ0) is 5.91. The molecule has 0 bridgehead atoms. The number of hydrogen-bond acceptors (Lipinski definition) is 1. The summed E-state index contributed by atoms with van der Waals surface area (Å²) in [5.74, 6) is 0.954. The van der Waals surface area contributed by atoms with Gasteiger partial charge in [0.25, 0.3) is 0 Å². The Bertz CT molecular complexity index is 50.9. The van der Waals surface area contributed by atoms with Gasteiger partial charge in [0.2, 0.25) is 0 Å². The molecule has 0 radical (unpaired) electrons. The number of hydrogen-bond donors (Lipinski definition) is 0. The Morgan fingerprint density at radius 2 is 1.62 bits per heavy atom. The summed E-state index contributed by atoms with van der Waals surface area (Å²) in [6.45, 7) is 7.04. The van der Waals surface area contributed by atoms with Crippen molar-refractivity contribution >= 4 is 20.7 Å². The van der Waals surface area contributed by atoms with Crippen molar-refractivity contribution in [3.05, 3.63) is 0 Å². The molecule has 44 valence electrons. The van der Waals surface area contributed by atoms with Gasteiger partial charge in [-0.05, 0) is 0 Å². The molecule has 0 aliphatic carbocycles. The van der Waals surface area contributed by atoms with E-state index in [1.165, 1.54) is 6.04 Å². The molecule has 0 aromatic rings. The summed E-state index contributed by atoms with van der Waals surface area (Å²) < 4.78 is 0. The largest absolute Gasteiger partial charge is 1.00 e. The monoisotopic (exact) mass is 156 g/mol. The summed E-state index contributed by atoms with van der Waals surface area (Å²) in [6.07, 6.45) is 0. The van der Waals surface area contributed by atoms with Crippen molar-refractivity contribution < 1.29 is 29.6 Å². The van der Waals surface area contributed by atoms with Gasteiger partial charge in [0.1, 0.15) is 0 Å². The van der Waals surface area contributed by atoms with Crippen molar-refractivity contribution in [1.82, 2.24) is 0 Å². The Labute approximate surface area is 81.1 Å². The maximum absolute atomic E-state index is 4.83. The first-order chi connectivity index (χ1) is 3.06. The van der Waals surface area contributed by atoms with Crippen LogP contribution in [0.3, 0.4) is 0 Å². The first kappa shape index (κ1) is 12.3. The summed E-state index contributed by atoms with van der Waals surface area (Å²) in [5.41, 5.74) is 0. The van der Waals surface area contributed by atoms with Crippen LogP contribution in [0, 0.1) is 0 Å². The average molecular weight is 156 g/mol. The van der Waals surface area contributed by atoms with Gasteiger partial charge in [-0.25, -0.2) is 0 Å². The van der Waals surface area contributed by atoms with Crippen molar-refractivity contribution in [2.45, 2.75) is 25.7 Å². The van der Waals surface area contributed by atoms with E-state index in [0.29, 0.717) is 0 Å². The van der Waals surface area contributed by atoms with Crippen molar-refractivity contribution in [2.75, 3.05) is 5.75 Å². The van der Waals surface area contributed by atoms with Crippen LogP contribution in [0.15, 0.2) is 0 Å². The molecule has 0 aliphatic rings. The molecule has 0 atom stereocenters. The molecule has 0 heterocycles. The van der Waals surface area contributed by atoms with Gasteiger partial charge in [-0.15, -0.1) is 0 Å². The first-order valence-electron chi connectivity index (χ1n) is 2.64. The van der Waals surface area contributed by atoms with E-state index in [0.717, 1.165) is 5.75 Å². The first-order valence-corrected chi connectivity index (χ1v) is 6.93. The quantitative estimate of drug-likeness (QED) is 0.360. The molecule has 0 amide bonds. The Morgan fingerprint density at radius 3 is 1.62 bits per heavy atom. The predicted octanol–water partition coefficient (Wildman–Crippen LogP) is -1.12. The van der Waals surface area contributed by atoms with Gasteiger partial charge in [0.05, 0.1) is 0 Å². The second kappa shape index (κ2) is 5.36. The molecule has 0 aliphatic heterocycles. The van der Waals surface area contributed by atoms with E-state index < -0.39 is 8.07 Å². The van der Waals surface area contributed by atoms with Gasteiger partial charge >= 0.3 is 29.6 Å². The second-order valence-corrected chi connectivity index (χ2v) is 9.04. The van der Waals surface area contributed by atoms with Crippen LogP contribution in [0.2, 0.25) is 25.7 Å². The predicted molar refractivity (Wildman–Crippen MR) is 40.4 cm³/mol. The summed E-state index contributed by atoms with van der Waals surface area (Å²) in [5, 5.41) is 0. The maximum atomic E-state index is 4.83. The summed E-state index contributed by atoms with van der Waals surface area (Å²) in [4.78, 5) is 0. The van der Waals surface area contributed by atoms with Gasteiger partial charge in [-0.1, -0.05) is 25.7 Å². The molecule has 0 saturated heterocycles. The Kier molecular flexibility index (Phi) is 8.22.